The highest BCUT2D eigenvalue weighted by molar-refractivity contribution is 6.30. The van der Waals surface area contributed by atoms with Gasteiger partial charge in [-0.1, -0.05) is 17.7 Å². The van der Waals surface area contributed by atoms with Crippen LogP contribution in [0, 0.1) is 0 Å². The molecular weight excluding hydrogens is 318 g/mol. The van der Waals surface area contributed by atoms with Crippen molar-refractivity contribution in [3.63, 3.8) is 0 Å². The largest absolute Gasteiger partial charge is 0.468 e. The highest BCUT2D eigenvalue weighted by Crippen LogP contribution is 2.16. The molecule has 1 aromatic rings. The van der Waals surface area contributed by atoms with Gasteiger partial charge in [0.1, 0.15) is 6.04 Å². The number of carbonyl (C=O) groups is 2. The maximum Gasteiger partial charge on any atom is 0.322 e. The van der Waals surface area contributed by atoms with Crippen LogP contribution in [-0.2, 0) is 9.53 Å². The van der Waals surface area contributed by atoms with E-state index in [9.17, 15) is 9.59 Å². The van der Waals surface area contributed by atoms with Crippen molar-refractivity contribution in [2.24, 2.45) is 0 Å². The van der Waals surface area contributed by atoms with Gasteiger partial charge >= 0.3 is 12.0 Å². The topological polar surface area (TPSA) is 61.9 Å². The molecule has 23 heavy (non-hydrogen) atoms. The lowest BCUT2D eigenvalue weighted by Gasteiger charge is -2.25. The van der Waals surface area contributed by atoms with Gasteiger partial charge in [-0.2, -0.15) is 0 Å². The number of rotatable bonds is 3. The summed E-state index contributed by atoms with van der Waals surface area (Å²) in [6.45, 7) is 4.44. The number of hydrogen-bond acceptors (Lipinski definition) is 4. The summed E-state index contributed by atoms with van der Waals surface area (Å²) in [6, 6.07) is 6.61. The van der Waals surface area contributed by atoms with Gasteiger partial charge < -0.3 is 15.0 Å². The minimum Gasteiger partial charge on any atom is -0.468 e. The molecule has 0 radical (unpaired) electrons. The number of methoxy groups -OCH3 is 1. The van der Waals surface area contributed by atoms with E-state index in [0.717, 1.165) is 13.0 Å². The number of nitrogens with zero attached hydrogens (tertiary/aromatic N) is 2. The van der Waals surface area contributed by atoms with E-state index in [0.29, 0.717) is 30.3 Å². The van der Waals surface area contributed by atoms with Crippen LogP contribution in [0.25, 0.3) is 0 Å². The molecule has 2 rings (SSSR count). The van der Waals surface area contributed by atoms with Crippen molar-refractivity contribution < 1.29 is 14.3 Å². The number of benzene rings is 1. The molecule has 6 nitrogen and oxygen atoms in total. The van der Waals surface area contributed by atoms with Crippen molar-refractivity contribution in [2.45, 2.75) is 19.4 Å². The zero-order chi connectivity index (χ0) is 16.8. The van der Waals surface area contributed by atoms with Crippen LogP contribution in [0.1, 0.15) is 13.3 Å². The molecule has 0 spiro atoms. The number of carbonyl (C=O) groups excluding carboxylic acids is 2. The molecule has 0 unspecified atom stereocenters. The lowest BCUT2D eigenvalue weighted by atomic mass is 10.2. The van der Waals surface area contributed by atoms with Crippen LogP contribution in [-0.4, -0.2) is 61.1 Å². The molecule has 1 fully saturated rings. The van der Waals surface area contributed by atoms with Crippen LogP contribution in [0.4, 0.5) is 10.5 Å². The van der Waals surface area contributed by atoms with Gasteiger partial charge in [-0.15, -0.1) is 0 Å². The van der Waals surface area contributed by atoms with Gasteiger partial charge in [-0.05, 0) is 31.5 Å². The van der Waals surface area contributed by atoms with E-state index < -0.39 is 0 Å². The summed E-state index contributed by atoms with van der Waals surface area (Å²) in [6.07, 6.45) is 0.810. The minimum absolute atomic E-state index is 0.153. The van der Waals surface area contributed by atoms with E-state index in [4.69, 9.17) is 16.3 Å². The number of ether oxygens (including phenoxy) is 1. The Kier molecular flexibility index (Phi) is 6.24. The molecule has 1 saturated heterocycles. The Bertz CT molecular complexity index is 567. The summed E-state index contributed by atoms with van der Waals surface area (Å²) in [7, 11) is 1.39. The second-order valence-corrected chi connectivity index (χ2v) is 5.95. The Morgan fingerprint density at radius 1 is 1.26 bits per heavy atom. The first-order valence-corrected chi connectivity index (χ1v) is 8.02. The first-order valence-electron chi connectivity index (χ1n) is 7.64. The van der Waals surface area contributed by atoms with Crippen molar-refractivity contribution in [2.75, 3.05) is 38.6 Å². The Morgan fingerprint density at radius 3 is 2.74 bits per heavy atom. The average molecular weight is 340 g/mol. The number of anilines is 1. The van der Waals surface area contributed by atoms with Crippen molar-refractivity contribution in [1.29, 1.82) is 0 Å². The van der Waals surface area contributed by atoms with E-state index in [-0.39, 0.29) is 18.0 Å². The van der Waals surface area contributed by atoms with Gasteiger partial charge in [0.15, 0.2) is 0 Å². The molecule has 0 bridgehead atoms. The third-order valence-electron chi connectivity index (χ3n) is 3.98. The third kappa shape index (κ3) is 4.84. The maximum atomic E-state index is 12.4. The SMILES string of the molecule is COC(=O)[C@H](C)N1CCCN(C(=O)Nc2cccc(Cl)c2)CC1. The lowest BCUT2D eigenvalue weighted by Crippen LogP contribution is -2.43. The maximum absolute atomic E-state index is 12.4. The molecule has 7 heteroatoms. The van der Waals surface area contributed by atoms with Gasteiger partial charge in [0.25, 0.3) is 0 Å². The Labute approximate surface area is 141 Å². The van der Waals surface area contributed by atoms with Crippen molar-refractivity contribution in [1.82, 2.24) is 9.80 Å². The van der Waals surface area contributed by atoms with Gasteiger partial charge in [0.05, 0.1) is 7.11 Å². The smallest absolute Gasteiger partial charge is 0.322 e. The summed E-state index contributed by atoms with van der Waals surface area (Å²) < 4.78 is 4.78. The van der Waals surface area contributed by atoms with Crippen LogP contribution in [0.3, 0.4) is 0 Å². The average Bonchev–Trinajstić information content (AvgIpc) is 2.79. The fraction of sp³-hybridized carbons (Fsp3) is 0.500. The molecule has 1 aromatic carbocycles. The van der Waals surface area contributed by atoms with Crippen LogP contribution < -0.4 is 5.32 Å². The van der Waals surface area contributed by atoms with E-state index >= 15 is 0 Å². The molecular formula is C16H22ClN3O3. The summed E-state index contributed by atoms with van der Waals surface area (Å²) in [5, 5.41) is 3.43. The minimum atomic E-state index is -0.295. The zero-order valence-electron chi connectivity index (χ0n) is 13.4. The Morgan fingerprint density at radius 2 is 2.04 bits per heavy atom. The summed E-state index contributed by atoms with van der Waals surface area (Å²) >= 11 is 5.92. The standard InChI is InChI=1S/C16H22ClN3O3/c1-12(15(21)23-2)19-7-4-8-20(10-9-19)16(22)18-14-6-3-5-13(17)11-14/h3,5-6,11-12H,4,7-10H2,1-2H3,(H,18,22)/t12-/m0/s1. The van der Waals surface area contributed by atoms with Crippen LogP contribution in [0.5, 0.6) is 0 Å². The number of urea groups is 1. The first kappa shape index (κ1) is 17.6. The molecule has 0 saturated carbocycles. The summed E-state index contributed by atoms with van der Waals surface area (Å²) in [5.41, 5.74) is 0.673. The molecule has 1 atom stereocenters. The highest BCUT2D eigenvalue weighted by Gasteiger charge is 2.26. The molecule has 1 N–H and O–H groups in total. The van der Waals surface area contributed by atoms with Crippen molar-refractivity contribution in [3.8, 4) is 0 Å². The fourth-order valence-electron chi connectivity index (χ4n) is 2.62. The zero-order valence-corrected chi connectivity index (χ0v) is 14.2. The normalized spacial score (nSPS) is 17.3. The molecule has 0 aromatic heterocycles. The molecule has 1 aliphatic rings. The third-order valence-corrected chi connectivity index (χ3v) is 4.22. The monoisotopic (exact) mass is 339 g/mol. The number of halogens is 1. The van der Waals surface area contributed by atoms with E-state index in [1.807, 2.05) is 11.8 Å². The Balaban J connectivity index is 1.92. The predicted octanol–water partition coefficient (Wildman–Crippen LogP) is 2.44. The number of amides is 2. The molecule has 2 amide bonds. The number of hydrogen-bond donors (Lipinski definition) is 1. The van der Waals surface area contributed by atoms with E-state index in [1.165, 1.54) is 7.11 Å². The summed E-state index contributed by atoms with van der Waals surface area (Å²) in [4.78, 5) is 27.8. The number of nitrogens with one attached hydrogen (secondary N) is 1. The first-order chi connectivity index (χ1) is 11.0. The second-order valence-electron chi connectivity index (χ2n) is 5.52. The van der Waals surface area contributed by atoms with Crippen LogP contribution in [0.2, 0.25) is 5.02 Å². The van der Waals surface area contributed by atoms with Crippen LogP contribution >= 0.6 is 11.6 Å². The highest BCUT2D eigenvalue weighted by atomic mass is 35.5. The molecule has 0 aliphatic carbocycles. The van der Waals surface area contributed by atoms with Crippen molar-refractivity contribution >= 4 is 29.3 Å². The van der Waals surface area contributed by atoms with Gasteiger partial charge in [0.2, 0.25) is 0 Å². The second kappa shape index (κ2) is 8.17. The van der Waals surface area contributed by atoms with E-state index in [2.05, 4.69) is 5.32 Å². The fourth-order valence-corrected chi connectivity index (χ4v) is 2.81. The Hall–Kier alpha value is -1.79. The van der Waals surface area contributed by atoms with Gasteiger partial charge in [-0.3, -0.25) is 9.69 Å². The van der Waals surface area contributed by atoms with Gasteiger partial charge in [-0.25, -0.2) is 4.79 Å². The van der Waals surface area contributed by atoms with Gasteiger partial charge in [0, 0.05) is 36.9 Å². The van der Waals surface area contributed by atoms with E-state index in [1.54, 1.807) is 29.2 Å². The van der Waals surface area contributed by atoms with Crippen LogP contribution in [0.15, 0.2) is 24.3 Å². The summed E-state index contributed by atoms with van der Waals surface area (Å²) in [5.74, 6) is -0.248. The van der Waals surface area contributed by atoms with Crippen molar-refractivity contribution in [3.05, 3.63) is 29.3 Å². The molecule has 126 valence electrons. The lowest BCUT2D eigenvalue weighted by molar-refractivity contribution is -0.146. The molecule has 1 aliphatic heterocycles. The quantitative estimate of drug-likeness (QED) is 0.859. The number of esters is 1. The molecule has 1 heterocycles. The predicted molar refractivity (Wildman–Crippen MR) is 89.7 cm³/mol.